The monoisotopic (exact) mass is 270 g/mol. The molecule has 1 unspecified atom stereocenters. The zero-order valence-corrected chi connectivity index (χ0v) is 13.2. The molecule has 1 heterocycles. The Labute approximate surface area is 117 Å². The summed E-state index contributed by atoms with van der Waals surface area (Å²) in [5.74, 6) is -0.660. The molecule has 0 radical (unpaired) electrons. The van der Waals surface area contributed by atoms with E-state index in [4.69, 9.17) is 0 Å². The standard InChI is InChI=1S/C15H30N2O2/c1-6-7-15(5,13(18)19)12-16-8-10-17(11-9-16)14(2,3)4/h6-12H2,1-5H3,(H,18,19). The molecule has 0 aromatic heterocycles. The van der Waals surface area contributed by atoms with Gasteiger partial charge in [0.2, 0.25) is 0 Å². The van der Waals surface area contributed by atoms with Crippen molar-refractivity contribution in [2.75, 3.05) is 32.7 Å². The SMILES string of the molecule is CCCC(C)(CN1CCN(C(C)(C)C)CC1)C(=O)O. The molecule has 0 bridgehead atoms. The molecule has 0 aliphatic carbocycles. The maximum Gasteiger partial charge on any atom is 0.310 e. The Bertz CT molecular complexity index is 304. The second kappa shape index (κ2) is 6.23. The molecule has 1 rings (SSSR count). The number of rotatable bonds is 5. The molecule has 4 heteroatoms. The van der Waals surface area contributed by atoms with E-state index in [9.17, 15) is 9.90 Å². The highest BCUT2D eigenvalue weighted by molar-refractivity contribution is 5.74. The molecule has 1 fully saturated rings. The molecule has 0 amide bonds. The molecule has 1 aliphatic heterocycles. The lowest BCUT2D eigenvalue weighted by Gasteiger charge is -2.44. The van der Waals surface area contributed by atoms with Crippen LogP contribution in [0.25, 0.3) is 0 Å². The quantitative estimate of drug-likeness (QED) is 0.832. The predicted octanol–water partition coefficient (Wildman–Crippen LogP) is 2.29. The molecule has 1 N–H and O–H groups in total. The number of hydrogen-bond donors (Lipinski definition) is 1. The van der Waals surface area contributed by atoms with Gasteiger partial charge in [-0.15, -0.1) is 0 Å². The third kappa shape index (κ3) is 4.46. The van der Waals surface area contributed by atoms with E-state index < -0.39 is 11.4 Å². The summed E-state index contributed by atoms with van der Waals surface area (Å²) in [6.07, 6.45) is 1.67. The topological polar surface area (TPSA) is 43.8 Å². The minimum Gasteiger partial charge on any atom is -0.481 e. The van der Waals surface area contributed by atoms with Gasteiger partial charge in [-0.3, -0.25) is 14.6 Å². The van der Waals surface area contributed by atoms with Crippen LogP contribution in [0, 0.1) is 5.41 Å². The third-order valence-corrected chi connectivity index (χ3v) is 4.21. The van der Waals surface area contributed by atoms with E-state index in [0.717, 1.165) is 39.0 Å². The number of aliphatic carboxylic acids is 1. The molecule has 4 nitrogen and oxygen atoms in total. The largest absolute Gasteiger partial charge is 0.481 e. The van der Waals surface area contributed by atoms with Gasteiger partial charge < -0.3 is 5.11 Å². The van der Waals surface area contributed by atoms with Crippen LogP contribution >= 0.6 is 0 Å². The predicted molar refractivity (Wildman–Crippen MR) is 78.4 cm³/mol. The van der Waals surface area contributed by atoms with E-state index in [1.54, 1.807) is 0 Å². The molecule has 1 atom stereocenters. The van der Waals surface area contributed by atoms with Crippen LogP contribution in [0.4, 0.5) is 0 Å². The van der Waals surface area contributed by atoms with Crippen molar-refractivity contribution in [1.82, 2.24) is 9.80 Å². The Morgan fingerprint density at radius 1 is 1.11 bits per heavy atom. The van der Waals surface area contributed by atoms with E-state index in [1.807, 2.05) is 6.92 Å². The van der Waals surface area contributed by atoms with Crippen molar-refractivity contribution in [2.45, 2.75) is 53.0 Å². The smallest absolute Gasteiger partial charge is 0.310 e. The Balaban J connectivity index is 2.54. The minimum absolute atomic E-state index is 0.214. The normalized spacial score (nSPS) is 22.2. The zero-order chi connectivity index (χ0) is 14.7. The van der Waals surface area contributed by atoms with Gasteiger partial charge in [-0.2, -0.15) is 0 Å². The second-order valence-corrected chi connectivity index (χ2v) is 7.05. The summed E-state index contributed by atoms with van der Waals surface area (Å²) in [6.45, 7) is 15.3. The summed E-state index contributed by atoms with van der Waals surface area (Å²) >= 11 is 0. The lowest BCUT2D eigenvalue weighted by atomic mass is 9.85. The first-order valence-electron chi connectivity index (χ1n) is 7.40. The van der Waals surface area contributed by atoms with Gasteiger partial charge in [-0.05, 0) is 34.1 Å². The van der Waals surface area contributed by atoms with Crippen molar-refractivity contribution in [3.8, 4) is 0 Å². The molecular weight excluding hydrogens is 240 g/mol. The molecule has 1 saturated heterocycles. The number of piperazine rings is 1. The van der Waals surface area contributed by atoms with Gasteiger partial charge in [0.05, 0.1) is 5.41 Å². The Kier molecular flexibility index (Phi) is 5.39. The number of hydrogen-bond acceptors (Lipinski definition) is 3. The molecule has 112 valence electrons. The molecule has 0 aromatic rings. The van der Waals surface area contributed by atoms with Gasteiger partial charge in [0.15, 0.2) is 0 Å². The van der Waals surface area contributed by atoms with Crippen LogP contribution in [0.5, 0.6) is 0 Å². The van der Waals surface area contributed by atoms with E-state index in [2.05, 4.69) is 37.5 Å². The van der Waals surface area contributed by atoms with Crippen LogP contribution in [0.2, 0.25) is 0 Å². The van der Waals surface area contributed by atoms with Crippen molar-refractivity contribution in [1.29, 1.82) is 0 Å². The van der Waals surface area contributed by atoms with Gasteiger partial charge in [-0.25, -0.2) is 0 Å². The highest BCUT2D eigenvalue weighted by atomic mass is 16.4. The van der Waals surface area contributed by atoms with Crippen LogP contribution < -0.4 is 0 Å². The molecule has 0 aromatic carbocycles. The van der Waals surface area contributed by atoms with E-state index in [-0.39, 0.29) is 5.54 Å². The van der Waals surface area contributed by atoms with Crippen LogP contribution in [-0.4, -0.2) is 59.1 Å². The van der Waals surface area contributed by atoms with E-state index >= 15 is 0 Å². The van der Waals surface area contributed by atoms with Gasteiger partial charge in [0.1, 0.15) is 0 Å². The van der Waals surface area contributed by atoms with Crippen LogP contribution in [0.15, 0.2) is 0 Å². The Morgan fingerprint density at radius 3 is 2.00 bits per heavy atom. The van der Waals surface area contributed by atoms with Crippen molar-refractivity contribution in [2.24, 2.45) is 5.41 Å². The minimum atomic E-state index is -0.660. The number of carboxylic acids is 1. The number of carbonyl (C=O) groups is 1. The first-order chi connectivity index (χ1) is 8.69. The summed E-state index contributed by atoms with van der Waals surface area (Å²) in [5, 5.41) is 9.44. The fourth-order valence-corrected chi connectivity index (χ4v) is 2.88. The van der Waals surface area contributed by atoms with Crippen LogP contribution in [-0.2, 0) is 4.79 Å². The zero-order valence-electron chi connectivity index (χ0n) is 13.2. The highest BCUT2D eigenvalue weighted by Gasteiger charge is 2.36. The number of carboxylic acid groups (broad SMARTS) is 1. The highest BCUT2D eigenvalue weighted by Crippen LogP contribution is 2.26. The van der Waals surface area contributed by atoms with E-state index in [0.29, 0.717) is 6.54 Å². The molecule has 19 heavy (non-hydrogen) atoms. The summed E-state index contributed by atoms with van der Waals surface area (Å²) in [6, 6.07) is 0. The molecule has 0 saturated carbocycles. The molecule has 1 aliphatic rings. The summed E-state index contributed by atoms with van der Waals surface area (Å²) in [4.78, 5) is 16.3. The maximum atomic E-state index is 11.5. The Morgan fingerprint density at radius 2 is 1.63 bits per heavy atom. The first kappa shape index (κ1) is 16.4. The summed E-state index contributed by atoms with van der Waals surface area (Å²) in [5.41, 5.74) is -0.385. The third-order valence-electron chi connectivity index (χ3n) is 4.21. The first-order valence-corrected chi connectivity index (χ1v) is 7.40. The number of nitrogens with zero attached hydrogens (tertiary/aromatic N) is 2. The van der Waals surface area contributed by atoms with E-state index in [1.165, 1.54) is 0 Å². The lowest BCUT2D eigenvalue weighted by molar-refractivity contribution is -0.150. The summed E-state index contributed by atoms with van der Waals surface area (Å²) < 4.78 is 0. The average Bonchev–Trinajstić information content (AvgIpc) is 2.28. The van der Waals surface area contributed by atoms with Crippen LogP contribution in [0.3, 0.4) is 0 Å². The second-order valence-electron chi connectivity index (χ2n) is 7.05. The van der Waals surface area contributed by atoms with Gasteiger partial charge >= 0.3 is 5.97 Å². The van der Waals surface area contributed by atoms with Gasteiger partial charge in [-0.1, -0.05) is 13.3 Å². The maximum absolute atomic E-state index is 11.5. The van der Waals surface area contributed by atoms with Gasteiger partial charge in [0, 0.05) is 38.3 Å². The van der Waals surface area contributed by atoms with Crippen molar-refractivity contribution in [3.63, 3.8) is 0 Å². The fraction of sp³-hybridized carbons (Fsp3) is 0.933. The van der Waals surface area contributed by atoms with Gasteiger partial charge in [0.25, 0.3) is 0 Å². The van der Waals surface area contributed by atoms with Crippen molar-refractivity contribution < 1.29 is 9.90 Å². The van der Waals surface area contributed by atoms with Crippen molar-refractivity contribution >= 4 is 5.97 Å². The molecule has 0 spiro atoms. The average molecular weight is 270 g/mol. The lowest BCUT2D eigenvalue weighted by Crippen LogP contribution is -2.55. The summed E-state index contributed by atoms with van der Waals surface area (Å²) in [7, 11) is 0. The fourth-order valence-electron chi connectivity index (χ4n) is 2.88. The van der Waals surface area contributed by atoms with Crippen molar-refractivity contribution in [3.05, 3.63) is 0 Å². The Hall–Kier alpha value is -0.610. The van der Waals surface area contributed by atoms with Crippen LogP contribution in [0.1, 0.15) is 47.5 Å². The molecular formula is C15H30N2O2.